The maximum atomic E-state index is 12.5. The lowest BCUT2D eigenvalue weighted by Crippen LogP contribution is -2.45. The van der Waals surface area contributed by atoms with Crippen LogP contribution in [0.4, 0.5) is 0 Å². The molecule has 0 aliphatic rings. The van der Waals surface area contributed by atoms with Gasteiger partial charge in [-0.15, -0.1) is 0 Å². The molecule has 0 fully saturated rings. The van der Waals surface area contributed by atoms with Crippen molar-refractivity contribution in [2.45, 2.75) is 142 Å². The molecule has 0 aliphatic heterocycles. The normalized spacial score (nSPS) is 15.3. The molecule has 1 amide bonds. The first kappa shape index (κ1) is 39.2. The highest BCUT2D eigenvalue weighted by molar-refractivity contribution is 7.47. The van der Waals surface area contributed by atoms with E-state index in [1.807, 2.05) is 27.2 Å². The number of rotatable bonds is 28. The van der Waals surface area contributed by atoms with Crippen LogP contribution in [0.5, 0.6) is 0 Å². The lowest BCUT2D eigenvalue weighted by molar-refractivity contribution is -0.870. The zero-order chi connectivity index (χ0) is 30.1. The Bertz CT molecular complexity index is 683. The maximum Gasteiger partial charge on any atom is 0.472 e. The van der Waals surface area contributed by atoms with E-state index < -0.39 is 20.0 Å². The molecule has 9 heteroatoms. The van der Waals surface area contributed by atoms with Crippen molar-refractivity contribution in [2.24, 2.45) is 0 Å². The summed E-state index contributed by atoms with van der Waals surface area (Å²) in [4.78, 5) is 22.5. The van der Waals surface area contributed by atoms with E-state index >= 15 is 0 Å². The predicted molar refractivity (Wildman–Crippen MR) is 166 cm³/mol. The second kappa shape index (κ2) is 24.8. The molecule has 0 rings (SSSR count). The van der Waals surface area contributed by atoms with E-state index in [0.717, 1.165) is 44.9 Å². The number of phosphoric acid groups is 1. The number of amides is 1. The molecule has 40 heavy (non-hydrogen) atoms. The summed E-state index contributed by atoms with van der Waals surface area (Å²) in [6.45, 7) is 4.65. The van der Waals surface area contributed by atoms with Crippen molar-refractivity contribution in [1.29, 1.82) is 0 Å². The van der Waals surface area contributed by atoms with E-state index in [1.165, 1.54) is 64.2 Å². The number of quaternary nitrogens is 1. The monoisotopic (exact) mass is 591 g/mol. The van der Waals surface area contributed by atoms with Crippen molar-refractivity contribution >= 4 is 13.7 Å². The largest absolute Gasteiger partial charge is 0.472 e. The summed E-state index contributed by atoms with van der Waals surface area (Å²) >= 11 is 0. The van der Waals surface area contributed by atoms with Gasteiger partial charge in [-0.2, -0.15) is 0 Å². The number of nitrogens with zero attached hydrogens (tertiary/aromatic N) is 1. The molecule has 8 nitrogen and oxygen atoms in total. The topological polar surface area (TPSA) is 105 Å². The average molecular weight is 592 g/mol. The van der Waals surface area contributed by atoms with Crippen LogP contribution in [0.25, 0.3) is 0 Å². The minimum Gasteiger partial charge on any atom is -0.387 e. The van der Waals surface area contributed by atoms with Crippen LogP contribution in [0.1, 0.15) is 129 Å². The first-order chi connectivity index (χ1) is 19.0. The van der Waals surface area contributed by atoms with Crippen molar-refractivity contribution in [3.63, 3.8) is 0 Å². The van der Waals surface area contributed by atoms with Gasteiger partial charge in [0.15, 0.2) is 0 Å². The van der Waals surface area contributed by atoms with Gasteiger partial charge in [0, 0.05) is 6.42 Å². The van der Waals surface area contributed by atoms with E-state index in [4.69, 9.17) is 9.05 Å². The van der Waals surface area contributed by atoms with E-state index in [1.54, 1.807) is 6.08 Å². The van der Waals surface area contributed by atoms with Gasteiger partial charge >= 0.3 is 7.82 Å². The van der Waals surface area contributed by atoms with Gasteiger partial charge in [0.05, 0.1) is 39.9 Å². The maximum absolute atomic E-state index is 12.5. The molecule has 0 bridgehead atoms. The molecule has 0 aliphatic carbocycles. The number of aliphatic hydroxyl groups excluding tert-OH is 1. The van der Waals surface area contributed by atoms with E-state index in [9.17, 15) is 19.4 Å². The van der Waals surface area contributed by atoms with Crippen LogP contribution in [-0.2, 0) is 18.4 Å². The summed E-state index contributed by atoms with van der Waals surface area (Å²) in [5, 5.41) is 13.5. The molecule has 3 atom stereocenters. The molecule has 0 aromatic heterocycles. The van der Waals surface area contributed by atoms with Crippen LogP contribution in [0.15, 0.2) is 12.2 Å². The molecule has 0 saturated heterocycles. The van der Waals surface area contributed by atoms with E-state index in [2.05, 4.69) is 19.2 Å². The van der Waals surface area contributed by atoms with Gasteiger partial charge in [-0.25, -0.2) is 4.57 Å². The number of allylic oxidation sites excluding steroid dienone is 1. The van der Waals surface area contributed by atoms with Crippen LogP contribution in [0, 0.1) is 0 Å². The summed E-state index contributed by atoms with van der Waals surface area (Å²) in [7, 11) is 1.57. The Morgan fingerprint density at radius 1 is 0.825 bits per heavy atom. The van der Waals surface area contributed by atoms with Gasteiger partial charge in [-0.05, 0) is 19.3 Å². The van der Waals surface area contributed by atoms with Crippen molar-refractivity contribution in [3.05, 3.63) is 12.2 Å². The molecule has 0 heterocycles. The van der Waals surface area contributed by atoms with Crippen molar-refractivity contribution in [2.75, 3.05) is 40.9 Å². The summed E-state index contributed by atoms with van der Waals surface area (Å²) < 4.78 is 23.2. The number of likely N-dealkylation sites (N-methyl/N-ethyl adjacent to an activating group) is 1. The molecule has 0 aromatic rings. The Morgan fingerprint density at radius 3 is 1.85 bits per heavy atom. The predicted octanol–water partition coefficient (Wildman–Crippen LogP) is 7.29. The van der Waals surface area contributed by atoms with Gasteiger partial charge in [0.25, 0.3) is 0 Å². The highest BCUT2D eigenvalue weighted by atomic mass is 31.2. The fourth-order valence-corrected chi connectivity index (χ4v) is 5.07. The van der Waals surface area contributed by atoms with Crippen LogP contribution >= 0.6 is 7.82 Å². The van der Waals surface area contributed by atoms with Gasteiger partial charge in [0.2, 0.25) is 5.91 Å². The number of hydrogen-bond donors (Lipinski definition) is 3. The highest BCUT2D eigenvalue weighted by Gasteiger charge is 2.27. The van der Waals surface area contributed by atoms with Gasteiger partial charge < -0.3 is 19.8 Å². The molecule has 3 N–H and O–H groups in total. The quantitative estimate of drug-likeness (QED) is 0.0382. The first-order valence-electron chi connectivity index (χ1n) is 16.1. The minimum absolute atomic E-state index is 0.0627. The molecular weight excluding hydrogens is 527 g/mol. The number of nitrogens with one attached hydrogen (secondary N) is 1. The molecule has 0 radical (unpaired) electrons. The van der Waals surface area contributed by atoms with Gasteiger partial charge in [-0.3, -0.25) is 13.8 Å². The number of unbranched alkanes of at least 4 members (excludes halogenated alkanes) is 15. The van der Waals surface area contributed by atoms with Crippen LogP contribution in [0.2, 0.25) is 0 Å². The average Bonchev–Trinajstić information content (AvgIpc) is 2.88. The molecular formula is C31H64N2O6P+. The third-order valence-corrected chi connectivity index (χ3v) is 7.99. The third kappa shape index (κ3) is 26.2. The smallest absolute Gasteiger partial charge is 0.387 e. The van der Waals surface area contributed by atoms with Crippen LogP contribution < -0.4 is 5.32 Å². The molecule has 3 unspecified atom stereocenters. The number of hydrogen-bond acceptors (Lipinski definition) is 5. The second-order valence-corrected chi connectivity index (χ2v) is 13.6. The zero-order valence-electron chi connectivity index (χ0n) is 26.6. The SMILES string of the molecule is CCCCCCCCCCCCCC/C=C/C(O)C(COP(=O)(O)OCC[N+](C)(C)C)NC(=O)CCCCCC. The fourth-order valence-electron chi connectivity index (χ4n) is 4.33. The van der Waals surface area contributed by atoms with Crippen LogP contribution in [0.3, 0.4) is 0 Å². The molecule has 0 spiro atoms. The lowest BCUT2D eigenvalue weighted by Gasteiger charge is -2.25. The zero-order valence-corrected chi connectivity index (χ0v) is 27.5. The van der Waals surface area contributed by atoms with Crippen molar-refractivity contribution in [3.8, 4) is 0 Å². The minimum atomic E-state index is -4.30. The van der Waals surface area contributed by atoms with Crippen molar-refractivity contribution in [1.82, 2.24) is 5.32 Å². The summed E-state index contributed by atoms with van der Waals surface area (Å²) in [6.07, 6.45) is 23.2. The summed E-state index contributed by atoms with van der Waals surface area (Å²) in [5.74, 6) is -0.197. The van der Waals surface area contributed by atoms with E-state index in [-0.39, 0.29) is 19.1 Å². The molecule has 238 valence electrons. The van der Waals surface area contributed by atoms with Crippen LogP contribution in [-0.4, -0.2) is 73.4 Å². The highest BCUT2D eigenvalue weighted by Crippen LogP contribution is 2.43. The summed E-state index contributed by atoms with van der Waals surface area (Å²) in [6, 6.07) is -0.834. The number of phosphoric ester groups is 1. The third-order valence-electron chi connectivity index (χ3n) is 7.01. The Hall–Kier alpha value is -0.760. The lowest BCUT2D eigenvalue weighted by atomic mass is 10.0. The first-order valence-corrected chi connectivity index (χ1v) is 17.6. The Kier molecular flexibility index (Phi) is 24.3. The van der Waals surface area contributed by atoms with Gasteiger partial charge in [-0.1, -0.05) is 116 Å². The molecule has 0 saturated carbocycles. The Morgan fingerprint density at radius 2 is 1.32 bits per heavy atom. The number of carbonyl (C=O) groups excluding carboxylic acids is 1. The Balaban J connectivity index is 4.48. The molecule has 0 aromatic carbocycles. The van der Waals surface area contributed by atoms with Crippen molar-refractivity contribution < 1.29 is 32.9 Å². The standard InChI is InChI=1S/C31H63N2O6P/c1-6-8-10-12-13-14-15-16-17-18-19-20-21-22-24-30(34)29(32-31(35)25-23-11-9-7-2)28-39-40(36,37)38-27-26-33(3,4)5/h22,24,29-30,34H,6-21,23,25-28H2,1-5H3,(H-,32,35,36,37)/p+1/b24-22+. The number of aliphatic hydroxyl groups is 1. The second-order valence-electron chi connectivity index (χ2n) is 12.2. The summed E-state index contributed by atoms with van der Waals surface area (Å²) in [5.41, 5.74) is 0. The van der Waals surface area contributed by atoms with Gasteiger partial charge in [0.1, 0.15) is 13.2 Å². The van der Waals surface area contributed by atoms with E-state index in [0.29, 0.717) is 17.4 Å². The fraction of sp³-hybridized carbons (Fsp3) is 0.903. The Labute approximate surface area is 246 Å². The number of carbonyl (C=O) groups is 1.